The van der Waals surface area contributed by atoms with Gasteiger partial charge in [-0.1, -0.05) is 17.7 Å². The lowest BCUT2D eigenvalue weighted by molar-refractivity contribution is -0.122. The molecule has 0 aliphatic carbocycles. The number of ether oxygens (including phenoxy) is 2. The Morgan fingerprint density at radius 3 is 2.32 bits per heavy atom. The third-order valence-corrected chi connectivity index (χ3v) is 3.18. The predicted octanol–water partition coefficient (Wildman–Crippen LogP) is 2.45. The van der Waals surface area contributed by atoms with Crippen molar-refractivity contribution in [1.29, 1.82) is 0 Å². The maximum absolute atomic E-state index is 12.4. The van der Waals surface area contributed by atoms with Crippen LogP contribution >= 0.6 is 0 Å². The standard InChI is InChI=1S/C18H26N2O5/c1-11-7-8-13(12(2)9-11)16(22)24-15(10-14(21)19-6)20-17(23)25-18(3,4)5/h7-9,15H,10H2,1-6H3,(H,19,21)(H,20,23). The van der Waals surface area contributed by atoms with Crippen LogP contribution in [0.2, 0.25) is 0 Å². The SMILES string of the molecule is CNC(=O)CC(NC(=O)OC(C)(C)C)OC(=O)c1ccc(C)cc1C. The monoisotopic (exact) mass is 350 g/mol. The van der Waals surface area contributed by atoms with E-state index in [0.29, 0.717) is 5.56 Å². The molecule has 25 heavy (non-hydrogen) atoms. The van der Waals surface area contributed by atoms with Crippen molar-refractivity contribution < 1.29 is 23.9 Å². The first-order valence-corrected chi connectivity index (χ1v) is 8.00. The molecular formula is C18H26N2O5. The number of carbonyl (C=O) groups excluding carboxylic acids is 3. The zero-order valence-corrected chi connectivity index (χ0v) is 15.6. The van der Waals surface area contributed by atoms with Crippen molar-refractivity contribution >= 4 is 18.0 Å². The van der Waals surface area contributed by atoms with E-state index in [1.54, 1.807) is 39.8 Å². The molecule has 2 N–H and O–H groups in total. The number of alkyl carbamates (subject to hydrolysis) is 1. The number of nitrogens with one attached hydrogen (secondary N) is 2. The van der Waals surface area contributed by atoms with Crippen LogP contribution in [0.15, 0.2) is 18.2 Å². The van der Waals surface area contributed by atoms with Crippen molar-refractivity contribution in [3.8, 4) is 0 Å². The summed E-state index contributed by atoms with van der Waals surface area (Å²) in [5.41, 5.74) is 1.43. The average molecular weight is 350 g/mol. The zero-order chi connectivity index (χ0) is 19.2. The summed E-state index contributed by atoms with van der Waals surface area (Å²) in [6.07, 6.45) is -2.12. The third-order valence-electron chi connectivity index (χ3n) is 3.18. The van der Waals surface area contributed by atoms with Crippen molar-refractivity contribution in [3.63, 3.8) is 0 Å². The highest BCUT2D eigenvalue weighted by Crippen LogP contribution is 2.14. The molecule has 138 valence electrons. The fourth-order valence-corrected chi connectivity index (χ4v) is 2.07. The van der Waals surface area contributed by atoms with Crippen molar-refractivity contribution in [2.75, 3.05) is 7.05 Å². The lowest BCUT2D eigenvalue weighted by atomic mass is 10.1. The van der Waals surface area contributed by atoms with Crippen LogP contribution in [-0.4, -0.2) is 36.8 Å². The summed E-state index contributed by atoms with van der Waals surface area (Å²) < 4.78 is 10.4. The number of amides is 2. The minimum atomic E-state index is -1.14. The summed E-state index contributed by atoms with van der Waals surface area (Å²) in [5, 5.41) is 4.83. The highest BCUT2D eigenvalue weighted by Gasteiger charge is 2.24. The number of benzene rings is 1. The molecule has 7 heteroatoms. The molecule has 0 bridgehead atoms. The van der Waals surface area contributed by atoms with Gasteiger partial charge in [0.05, 0.1) is 12.0 Å². The van der Waals surface area contributed by atoms with Crippen LogP contribution in [0.3, 0.4) is 0 Å². The molecule has 1 unspecified atom stereocenters. The van der Waals surface area contributed by atoms with Crippen LogP contribution in [0.25, 0.3) is 0 Å². The summed E-state index contributed by atoms with van der Waals surface area (Å²) in [5.74, 6) is -1.00. The number of esters is 1. The van der Waals surface area contributed by atoms with Crippen molar-refractivity contribution in [2.24, 2.45) is 0 Å². The first-order valence-electron chi connectivity index (χ1n) is 8.00. The van der Waals surface area contributed by atoms with Crippen LogP contribution < -0.4 is 10.6 Å². The van der Waals surface area contributed by atoms with E-state index in [9.17, 15) is 14.4 Å². The van der Waals surface area contributed by atoms with E-state index in [0.717, 1.165) is 11.1 Å². The van der Waals surface area contributed by atoms with E-state index >= 15 is 0 Å². The Labute approximate surface area is 148 Å². The molecule has 0 spiro atoms. The van der Waals surface area contributed by atoms with Gasteiger partial charge < -0.3 is 14.8 Å². The molecule has 0 aliphatic heterocycles. The van der Waals surface area contributed by atoms with Crippen LogP contribution in [0.5, 0.6) is 0 Å². The Morgan fingerprint density at radius 2 is 1.80 bits per heavy atom. The van der Waals surface area contributed by atoms with Crippen molar-refractivity contribution in [3.05, 3.63) is 34.9 Å². The van der Waals surface area contributed by atoms with Crippen LogP contribution in [0.1, 0.15) is 48.7 Å². The quantitative estimate of drug-likeness (QED) is 0.628. The van der Waals surface area contributed by atoms with E-state index in [4.69, 9.17) is 9.47 Å². The van der Waals surface area contributed by atoms with Crippen LogP contribution in [0, 0.1) is 13.8 Å². The minimum absolute atomic E-state index is 0.216. The van der Waals surface area contributed by atoms with Gasteiger partial charge in [-0.3, -0.25) is 10.1 Å². The second-order valence-corrected chi connectivity index (χ2v) is 6.74. The number of rotatable bonds is 5. The maximum atomic E-state index is 12.4. The van der Waals surface area contributed by atoms with Gasteiger partial charge in [0.1, 0.15) is 5.60 Å². The second kappa shape index (κ2) is 8.50. The normalized spacial score (nSPS) is 12.1. The molecule has 7 nitrogen and oxygen atoms in total. The molecule has 0 aromatic heterocycles. The highest BCUT2D eigenvalue weighted by molar-refractivity contribution is 5.91. The Hall–Kier alpha value is -2.57. The second-order valence-electron chi connectivity index (χ2n) is 6.74. The maximum Gasteiger partial charge on any atom is 0.410 e. The zero-order valence-electron chi connectivity index (χ0n) is 15.6. The predicted molar refractivity (Wildman–Crippen MR) is 93.2 cm³/mol. The van der Waals surface area contributed by atoms with Gasteiger partial charge in [-0.05, 0) is 46.2 Å². The fourth-order valence-electron chi connectivity index (χ4n) is 2.07. The molecule has 1 atom stereocenters. The summed E-state index contributed by atoms with van der Waals surface area (Å²) >= 11 is 0. The van der Waals surface area contributed by atoms with E-state index in [1.165, 1.54) is 7.05 Å². The summed E-state index contributed by atoms with van der Waals surface area (Å²) in [4.78, 5) is 35.9. The highest BCUT2D eigenvalue weighted by atomic mass is 16.6. The van der Waals surface area contributed by atoms with Gasteiger partial charge in [-0.2, -0.15) is 0 Å². The van der Waals surface area contributed by atoms with Gasteiger partial charge in [0, 0.05) is 7.05 Å². The average Bonchev–Trinajstić information content (AvgIpc) is 2.44. The first-order chi connectivity index (χ1) is 11.5. The molecule has 0 fully saturated rings. The van der Waals surface area contributed by atoms with Gasteiger partial charge in [0.15, 0.2) is 6.23 Å². The molecule has 2 amide bonds. The Balaban J connectivity index is 2.86. The molecule has 0 radical (unpaired) electrons. The summed E-state index contributed by atoms with van der Waals surface area (Å²) in [6, 6.07) is 5.29. The van der Waals surface area contributed by atoms with Crippen molar-refractivity contribution in [2.45, 2.75) is 52.9 Å². The number of aryl methyl sites for hydroxylation is 2. The third kappa shape index (κ3) is 7.24. The molecule has 1 aromatic rings. The fraction of sp³-hybridized carbons (Fsp3) is 0.500. The van der Waals surface area contributed by atoms with Crippen molar-refractivity contribution in [1.82, 2.24) is 10.6 Å². The summed E-state index contributed by atoms with van der Waals surface area (Å²) in [7, 11) is 1.46. The number of hydrogen-bond acceptors (Lipinski definition) is 5. The van der Waals surface area contributed by atoms with E-state index in [2.05, 4.69) is 10.6 Å². The Morgan fingerprint density at radius 1 is 1.16 bits per heavy atom. The Bertz CT molecular complexity index is 649. The van der Waals surface area contributed by atoms with Gasteiger partial charge in [0.25, 0.3) is 0 Å². The molecule has 1 aromatic carbocycles. The molecule has 1 rings (SSSR count). The lowest BCUT2D eigenvalue weighted by Gasteiger charge is -2.23. The largest absolute Gasteiger partial charge is 0.444 e. The lowest BCUT2D eigenvalue weighted by Crippen LogP contribution is -2.44. The molecule has 0 heterocycles. The van der Waals surface area contributed by atoms with E-state index in [-0.39, 0.29) is 12.3 Å². The smallest absolute Gasteiger partial charge is 0.410 e. The molecular weight excluding hydrogens is 324 g/mol. The minimum Gasteiger partial charge on any atom is -0.444 e. The van der Waals surface area contributed by atoms with Gasteiger partial charge in [-0.25, -0.2) is 9.59 Å². The molecule has 0 saturated heterocycles. The van der Waals surface area contributed by atoms with E-state index in [1.807, 2.05) is 13.0 Å². The topological polar surface area (TPSA) is 93.7 Å². The molecule has 0 saturated carbocycles. The van der Waals surface area contributed by atoms with Gasteiger partial charge in [0.2, 0.25) is 5.91 Å². The molecule has 0 aliphatic rings. The summed E-state index contributed by atoms with van der Waals surface area (Å²) in [6.45, 7) is 8.84. The van der Waals surface area contributed by atoms with Crippen LogP contribution in [0.4, 0.5) is 4.79 Å². The number of carbonyl (C=O) groups is 3. The van der Waals surface area contributed by atoms with Gasteiger partial charge in [-0.15, -0.1) is 0 Å². The van der Waals surface area contributed by atoms with E-state index < -0.39 is 23.9 Å². The van der Waals surface area contributed by atoms with Gasteiger partial charge >= 0.3 is 12.1 Å². The first kappa shape index (κ1) is 20.5. The number of hydrogen-bond donors (Lipinski definition) is 2. The van der Waals surface area contributed by atoms with Crippen LogP contribution in [-0.2, 0) is 14.3 Å². The Kier molecular flexibility index (Phi) is 6.97.